The van der Waals surface area contributed by atoms with E-state index >= 15 is 0 Å². The Morgan fingerprint density at radius 1 is 1.10 bits per heavy atom. The zero-order valence-corrected chi connectivity index (χ0v) is 12.3. The second kappa shape index (κ2) is 6.62. The summed E-state index contributed by atoms with van der Waals surface area (Å²) in [4.78, 5) is 0. The van der Waals surface area contributed by atoms with Crippen molar-refractivity contribution in [1.29, 1.82) is 0 Å². The Kier molecular flexibility index (Phi) is 4.62. The Labute approximate surface area is 122 Å². The Hall–Kier alpha value is -1.02. The number of rotatable bonds is 5. The van der Waals surface area contributed by atoms with E-state index < -0.39 is 0 Å². The fraction of sp³-hybridized carbons (Fsp3) is 0.667. The minimum absolute atomic E-state index is 0.169. The normalized spacial score (nSPS) is 20.6. The molecule has 1 atom stereocenters. The van der Waals surface area contributed by atoms with Crippen molar-refractivity contribution in [3.8, 4) is 5.75 Å². The lowest BCUT2D eigenvalue weighted by atomic mass is 9.91. The number of aliphatic hydroxyl groups is 1. The SMILES string of the molecule is OC(CCOc1cccc2c1CCCC2)C1CCCC1. The summed E-state index contributed by atoms with van der Waals surface area (Å²) < 4.78 is 5.97. The van der Waals surface area contributed by atoms with Gasteiger partial charge in [-0.2, -0.15) is 0 Å². The minimum Gasteiger partial charge on any atom is -0.493 e. The fourth-order valence-corrected chi connectivity index (χ4v) is 3.75. The fourth-order valence-electron chi connectivity index (χ4n) is 3.75. The third kappa shape index (κ3) is 3.17. The number of ether oxygens (including phenoxy) is 1. The molecule has 3 rings (SSSR count). The monoisotopic (exact) mass is 274 g/mol. The van der Waals surface area contributed by atoms with Gasteiger partial charge in [0.15, 0.2) is 0 Å². The van der Waals surface area contributed by atoms with Crippen LogP contribution in [0.2, 0.25) is 0 Å². The predicted octanol–water partition coefficient (Wildman–Crippen LogP) is 3.89. The van der Waals surface area contributed by atoms with Gasteiger partial charge in [-0.25, -0.2) is 0 Å². The lowest BCUT2D eigenvalue weighted by Crippen LogP contribution is -2.20. The van der Waals surface area contributed by atoms with Crippen LogP contribution in [0.3, 0.4) is 0 Å². The van der Waals surface area contributed by atoms with Crippen LogP contribution in [0.5, 0.6) is 5.75 Å². The third-order valence-electron chi connectivity index (χ3n) is 4.97. The zero-order chi connectivity index (χ0) is 13.8. The molecule has 110 valence electrons. The molecule has 0 spiro atoms. The molecule has 2 heteroatoms. The third-order valence-corrected chi connectivity index (χ3v) is 4.97. The van der Waals surface area contributed by atoms with Gasteiger partial charge in [-0.3, -0.25) is 0 Å². The predicted molar refractivity (Wildman–Crippen MR) is 81.2 cm³/mol. The average molecular weight is 274 g/mol. The molecule has 2 aliphatic rings. The molecule has 0 aromatic heterocycles. The van der Waals surface area contributed by atoms with E-state index in [0.717, 1.165) is 18.6 Å². The average Bonchev–Trinajstić information content (AvgIpc) is 3.02. The van der Waals surface area contributed by atoms with Gasteiger partial charge in [-0.1, -0.05) is 25.0 Å². The number of hydrogen-bond acceptors (Lipinski definition) is 2. The van der Waals surface area contributed by atoms with Crippen molar-refractivity contribution >= 4 is 0 Å². The molecule has 0 radical (unpaired) electrons. The molecule has 0 saturated heterocycles. The van der Waals surface area contributed by atoms with Gasteiger partial charge in [0.1, 0.15) is 5.75 Å². The van der Waals surface area contributed by atoms with Crippen LogP contribution >= 0.6 is 0 Å². The first-order chi connectivity index (χ1) is 9.84. The molecule has 0 amide bonds. The number of benzene rings is 1. The molecular weight excluding hydrogens is 248 g/mol. The highest BCUT2D eigenvalue weighted by atomic mass is 16.5. The molecular formula is C18H26O2. The maximum absolute atomic E-state index is 10.2. The van der Waals surface area contributed by atoms with Gasteiger partial charge in [-0.15, -0.1) is 0 Å². The summed E-state index contributed by atoms with van der Waals surface area (Å²) in [6, 6.07) is 6.42. The maximum Gasteiger partial charge on any atom is 0.122 e. The molecule has 0 heterocycles. The summed E-state index contributed by atoms with van der Waals surface area (Å²) in [7, 11) is 0. The quantitative estimate of drug-likeness (QED) is 0.882. The Morgan fingerprint density at radius 2 is 1.90 bits per heavy atom. The van der Waals surface area contributed by atoms with Gasteiger partial charge in [-0.05, 0) is 61.6 Å². The van der Waals surface area contributed by atoms with Crippen molar-refractivity contribution in [3.05, 3.63) is 29.3 Å². The molecule has 0 bridgehead atoms. The molecule has 1 N–H and O–H groups in total. The van der Waals surface area contributed by atoms with Crippen LogP contribution in [0.1, 0.15) is 56.1 Å². The van der Waals surface area contributed by atoms with Crippen molar-refractivity contribution in [1.82, 2.24) is 0 Å². The largest absolute Gasteiger partial charge is 0.493 e. The molecule has 1 aromatic rings. The van der Waals surface area contributed by atoms with Crippen LogP contribution in [-0.2, 0) is 12.8 Å². The van der Waals surface area contributed by atoms with Gasteiger partial charge >= 0.3 is 0 Å². The second-order valence-electron chi connectivity index (χ2n) is 6.35. The lowest BCUT2D eigenvalue weighted by Gasteiger charge is -2.21. The molecule has 1 unspecified atom stereocenters. The number of fused-ring (bicyclic) bond motifs is 1. The van der Waals surface area contributed by atoms with Gasteiger partial charge in [0, 0.05) is 6.42 Å². The van der Waals surface area contributed by atoms with E-state index in [4.69, 9.17) is 4.74 Å². The smallest absolute Gasteiger partial charge is 0.122 e. The first kappa shape index (κ1) is 13.9. The van der Waals surface area contributed by atoms with Crippen LogP contribution in [0, 0.1) is 5.92 Å². The molecule has 20 heavy (non-hydrogen) atoms. The topological polar surface area (TPSA) is 29.5 Å². The van der Waals surface area contributed by atoms with Crippen molar-refractivity contribution in [3.63, 3.8) is 0 Å². The highest BCUT2D eigenvalue weighted by molar-refractivity contribution is 5.41. The van der Waals surface area contributed by atoms with E-state index in [1.807, 2.05) is 0 Å². The molecule has 1 saturated carbocycles. The van der Waals surface area contributed by atoms with Crippen LogP contribution in [-0.4, -0.2) is 17.8 Å². The summed E-state index contributed by atoms with van der Waals surface area (Å²) in [5.74, 6) is 1.57. The molecule has 1 fully saturated rings. The van der Waals surface area contributed by atoms with E-state index in [-0.39, 0.29) is 6.10 Å². The summed E-state index contributed by atoms with van der Waals surface area (Å²) in [6.07, 6.45) is 10.5. The molecule has 2 aliphatic carbocycles. The van der Waals surface area contributed by atoms with E-state index in [2.05, 4.69) is 18.2 Å². The van der Waals surface area contributed by atoms with Gasteiger partial charge < -0.3 is 9.84 Å². The van der Waals surface area contributed by atoms with E-state index in [9.17, 15) is 5.11 Å². The van der Waals surface area contributed by atoms with Crippen LogP contribution in [0.4, 0.5) is 0 Å². The van der Waals surface area contributed by atoms with Crippen LogP contribution in [0.15, 0.2) is 18.2 Å². The zero-order valence-electron chi connectivity index (χ0n) is 12.3. The summed E-state index contributed by atoms with van der Waals surface area (Å²) in [6.45, 7) is 0.647. The number of hydrogen-bond donors (Lipinski definition) is 1. The van der Waals surface area contributed by atoms with Crippen molar-refractivity contribution < 1.29 is 9.84 Å². The molecule has 0 aliphatic heterocycles. The highest BCUT2D eigenvalue weighted by Gasteiger charge is 2.23. The first-order valence-electron chi connectivity index (χ1n) is 8.26. The standard InChI is InChI=1S/C18H26O2/c19-17(15-7-1-2-8-15)12-13-20-18-11-5-9-14-6-3-4-10-16(14)18/h5,9,11,15,17,19H,1-4,6-8,10,12-13H2. The highest BCUT2D eigenvalue weighted by Crippen LogP contribution is 2.31. The van der Waals surface area contributed by atoms with E-state index in [1.165, 1.54) is 56.1 Å². The van der Waals surface area contributed by atoms with Crippen LogP contribution < -0.4 is 4.74 Å². The van der Waals surface area contributed by atoms with E-state index in [1.54, 1.807) is 0 Å². The van der Waals surface area contributed by atoms with Crippen molar-refractivity contribution in [2.75, 3.05) is 6.61 Å². The van der Waals surface area contributed by atoms with Gasteiger partial charge in [0.25, 0.3) is 0 Å². The Bertz CT molecular complexity index is 435. The minimum atomic E-state index is -0.169. The van der Waals surface area contributed by atoms with Crippen molar-refractivity contribution in [2.45, 2.75) is 63.9 Å². The first-order valence-corrected chi connectivity index (χ1v) is 8.26. The number of aryl methyl sites for hydroxylation is 1. The summed E-state index contributed by atoms with van der Waals surface area (Å²) in [5.41, 5.74) is 2.87. The van der Waals surface area contributed by atoms with Gasteiger partial charge in [0.2, 0.25) is 0 Å². The number of aliphatic hydroxyl groups excluding tert-OH is 1. The van der Waals surface area contributed by atoms with Gasteiger partial charge in [0.05, 0.1) is 12.7 Å². The lowest BCUT2D eigenvalue weighted by molar-refractivity contribution is 0.0851. The second-order valence-corrected chi connectivity index (χ2v) is 6.35. The van der Waals surface area contributed by atoms with E-state index in [0.29, 0.717) is 12.5 Å². The molecule has 1 aromatic carbocycles. The van der Waals surface area contributed by atoms with Crippen LogP contribution in [0.25, 0.3) is 0 Å². The molecule has 2 nitrogen and oxygen atoms in total. The Balaban J connectivity index is 1.53. The van der Waals surface area contributed by atoms with Crippen molar-refractivity contribution in [2.24, 2.45) is 5.92 Å². The summed E-state index contributed by atoms with van der Waals surface area (Å²) >= 11 is 0. The maximum atomic E-state index is 10.2. The Morgan fingerprint density at radius 3 is 2.75 bits per heavy atom. The summed E-state index contributed by atoms with van der Waals surface area (Å²) in [5, 5.41) is 10.2.